The third-order valence-electron chi connectivity index (χ3n) is 10.1. The average molecular weight is 627 g/mol. The molecule has 0 fully saturated rings. The summed E-state index contributed by atoms with van der Waals surface area (Å²) in [6, 6.07) is 55.2. The van der Waals surface area contributed by atoms with Crippen molar-refractivity contribution in [2.45, 2.75) is 0 Å². The standard InChI is InChI=1S/C46H26O3/c1-2-13-27(14-3-1)40-25-36-41(47-40)26-37(44-34-20-9-11-24-39(34)49-46(36)44)43-31-18-6-4-16-29(31)42(30-17-5-7-19-32(30)43)35-22-12-21-33-28-15-8-10-23-38(28)48-45(33)35/h1-26H. The molecule has 0 saturated carbocycles. The molecule has 0 bridgehead atoms. The number of para-hydroxylation sites is 3. The average Bonchev–Trinajstić information content (AvgIpc) is 3.88. The first-order valence-electron chi connectivity index (χ1n) is 16.6. The van der Waals surface area contributed by atoms with Gasteiger partial charge in [-0.05, 0) is 56.9 Å². The van der Waals surface area contributed by atoms with Crippen LogP contribution >= 0.6 is 0 Å². The summed E-state index contributed by atoms with van der Waals surface area (Å²) in [6.07, 6.45) is 0. The molecule has 0 unspecified atom stereocenters. The van der Waals surface area contributed by atoms with Crippen LogP contribution < -0.4 is 0 Å². The molecule has 0 N–H and O–H groups in total. The minimum Gasteiger partial charge on any atom is -0.456 e. The van der Waals surface area contributed by atoms with E-state index in [1.165, 1.54) is 5.56 Å². The molecular weight excluding hydrogens is 601 g/mol. The van der Waals surface area contributed by atoms with Gasteiger partial charge in [-0.3, -0.25) is 0 Å². The summed E-state index contributed by atoms with van der Waals surface area (Å²) in [4.78, 5) is 0. The molecule has 49 heavy (non-hydrogen) atoms. The van der Waals surface area contributed by atoms with Crippen LogP contribution in [0.5, 0.6) is 0 Å². The summed E-state index contributed by atoms with van der Waals surface area (Å²) in [5.74, 6) is 0.818. The van der Waals surface area contributed by atoms with Crippen LogP contribution in [-0.4, -0.2) is 0 Å². The maximum Gasteiger partial charge on any atom is 0.147 e. The van der Waals surface area contributed by atoms with E-state index in [0.717, 1.165) is 104 Å². The minimum atomic E-state index is 0.796. The van der Waals surface area contributed by atoms with Crippen LogP contribution in [0.15, 0.2) is 171 Å². The Hall–Kier alpha value is -6.58. The second-order valence-electron chi connectivity index (χ2n) is 12.7. The van der Waals surface area contributed by atoms with Crippen LogP contribution in [-0.2, 0) is 0 Å². The van der Waals surface area contributed by atoms with Gasteiger partial charge in [-0.1, -0.05) is 133 Å². The highest BCUT2D eigenvalue weighted by atomic mass is 16.3. The third-order valence-corrected chi connectivity index (χ3v) is 10.1. The van der Waals surface area contributed by atoms with Crippen LogP contribution in [0, 0.1) is 0 Å². The van der Waals surface area contributed by atoms with E-state index in [4.69, 9.17) is 13.3 Å². The summed E-state index contributed by atoms with van der Waals surface area (Å²) in [6.45, 7) is 0. The Morgan fingerprint density at radius 2 is 0.837 bits per heavy atom. The molecule has 3 heterocycles. The molecule has 0 aliphatic carbocycles. The first kappa shape index (κ1) is 26.5. The highest BCUT2D eigenvalue weighted by Crippen LogP contribution is 2.50. The molecule has 0 aliphatic heterocycles. The van der Waals surface area contributed by atoms with Gasteiger partial charge < -0.3 is 13.3 Å². The Balaban J connectivity index is 1.30. The van der Waals surface area contributed by atoms with E-state index in [-0.39, 0.29) is 0 Å². The number of rotatable bonds is 3. The van der Waals surface area contributed by atoms with E-state index < -0.39 is 0 Å². The number of furan rings is 3. The van der Waals surface area contributed by atoms with Crippen molar-refractivity contribution in [2.24, 2.45) is 0 Å². The molecule has 8 aromatic carbocycles. The van der Waals surface area contributed by atoms with Crippen molar-refractivity contribution in [1.82, 2.24) is 0 Å². The molecule has 3 aromatic heterocycles. The maximum absolute atomic E-state index is 6.70. The molecule has 11 aromatic rings. The Morgan fingerprint density at radius 1 is 0.306 bits per heavy atom. The summed E-state index contributed by atoms with van der Waals surface area (Å²) < 4.78 is 19.9. The van der Waals surface area contributed by atoms with E-state index in [0.29, 0.717) is 0 Å². The fraction of sp³-hybridized carbons (Fsp3) is 0. The maximum atomic E-state index is 6.70. The van der Waals surface area contributed by atoms with Gasteiger partial charge in [-0.25, -0.2) is 0 Å². The van der Waals surface area contributed by atoms with Crippen molar-refractivity contribution in [1.29, 1.82) is 0 Å². The molecule has 3 heteroatoms. The summed E-state index contributed by atoms with van der Waals surface area (Å²) in [5, 5.41) is 10.0. The predicted molar refractivity (Wildman–Crippen MR) is 202 cm³/mol. The van der Waals surface area contributed by atoms with Gasteiger partial charge in [0.15, 0.2) is 0 Å². The zero-order valence-corrected chi connectivity index (χ0v) is 26.2. The predicted octanol–water partition coefficient (Wildman–Crippen LogP) is 13.5. The Morgan fingerprint density at radius 3 is 1.53 bits per heavy atom. The van der Waals surface area contributed by atoms with Crippen LogP contribution in [0.2, 0.25) is 0 Å². The highest BCUT2D eigenvalue weighted by Gasteiger charge is 2.24. The van der Waals surface area contributed by atoms with E-state index >= 15 is 0 Å². The second-order valence-corrected chi connectivity index (χ2v) is 12.7. The molecule has 3 nitrogen and oxygen atoms in total. The van der Waals surface area contributed by atoms with Crippen LogP contribution in [0.4, 0.5) is 0 Å². The van der Waals surface area contributed by atoms with Gasteiger partial charge in [0.1, 0.15) is 33.7 Å². The van der Waals surface area contributed by atoms with E-state index in [1.807, 2.05) is 36.4 Å². The molecule has 228 valence electrons. The third kappa shape index (κ3) is 3.73. The monoisotopic (exact) mass is 626 g/mol. The zero-order chi connectivity index (χ0) is 32.1. The fourth-order valence-corrected chi connectivity index (χ4v) is 7.99. The molecule has 0 atom stereocenters. The number of fused-ring (bicyclic) bond motifs is 10. The van der Waals surface area contributed by atoms with Gasteiger partial charge in [-0.15, -0.1) is 0 Å². The van der Waals surface area contributed by atoms with Gasteiger partial charge >= 0.3 is 0 Å². The van der Waals surface area contributed by atoms with Crippen LogP contribution in [0.1, 0.15) is 0 Å². The van der Waals surface area contributed by atoms with Crippen molar-refractivity contribution >= 4 is 76.4 Å². The second kappa shape index (κ2) is 9.96. The Bertz CT molecular complexity index is 3040. The Kier molecular flexibility index (Phi) is 5.38. The van der Waals surface area contributed by atoms with Gasteiger partial charge in [0.25, 0.3) is 0 Å². The topological polar surface area (TPSA) is 39.4 Å². The molecule has 0 spiro atoms. The van der Waals surface area contributed by atoms with Gasteiger partial charge in [-0.2, -0.15) is 0 Å². The molecule has 0 aliphatic rings. The summed E-state index contributed by atoms with van der Waals surface area (Å²) >= 11 is 0. The zero-order valence-electron chi connectivity index (χ0n) is 26.2. The number of hydrogen-bond donors (Lipinski definition) is 0. The van der Waals surface area contributed by atoms with Crippen molar-refractivity contribution in [3.05, 3.63) is 158 Å². The summed E-state index contributed by atoms with van der Waals surface area (Å²) in [7, 11) is 0. The van der Waals surface area contributed by atoms with E-state index in [2.05, 4.69) is 121 Å². The SMILES string of the molecule is c1ccc(-c2cc3c(cc(-c4c5ccccc5c(-c5cccc6c5oc5ccccc56)c5ccccc45)c4c5ccccc5oc34)o2)cc1. The van der Waals surface area contributed by atoms with Crippen molar-refractivity contribution in [2.75, 3.05) is 0 Å². The molecule has 11 rings (SSSR count). The lowest BCUT2D eigenvalue weighted by molar-refractivity contribution is 0.631. The van der Waals surface area contributed by atoms with Gasteiger partial charge in [0.2, 0.25) is 0 Å². The fourth-order valence-electron chi connectivity index (χ4n) is 7.99. The molecule has 0 radical (unpaired) electrons. The van der Waals surface area contributed by atoms with Gasteiger partial charge in [0.05, 0.1) is 5.39 Å². The highest BCUT2D eigenvalue weighted by molar-refractivity contribution is 6.29. The first-order chi connectivity index (χ1) is 24.3. The minimum absolute atomic E-state index is 0.796. The molecular formula is C46H26O3. The largest absolute Gasteiger partial charge is 0.456 e. The van der Waals surface area contributed by atoms with Crippen molar-refractivity contribution in [3.8, 4) is 33.6 Å². The lowest BCUT2D eigenvalue weighted by Gasteiger charge is -2.18. The number of benzene rings is 8. The van der Waals surface area contributed by atoms with E-state index in [1.54, 1.807) is 0 Å². The smallest absolute Gasteiger partial charge is 0.147 e. The molecule has 0 saturated heterocycles. The normalized spacial score (nSPS) is 12.1. The van der Waals surface area contributed by atoms with E-state index in [9.17, 15) is 0 Å². The number of hydrogen-bond acceptors (Lipinski definition) is 3. The summed E-state index contributed by atoms with van der Waals surface area (Å²) in [5.41, 5.74) is 9.81. The van der Waals surface area contributed by atoms with Crippen molar-refractivity contribution < 1.29 is 13.3 Å². The van der Waals surface area contributed by atoms with Crippen LogP contribution in [0.3, 0.4) is 0 Å². The Labute approximate surface area is 280 Å². The van der Waals surface area contributed by atoms with Gasteiger partial charge in [0, 0.05) is 38.2 Å². The van der Waals surface area contributed by atoms with Crippen molar-refractivity contribution in [3.63, 3.8) is 0 Å². The first-order valence-corrected chi connectivity index (χ1v) is 16.6. The lowest BCUT2D eigenvalue weighted by Crippen LogP contribution is -1.91. The quantitative estimate of drug-likeness (QED) is 0.183. The van der Waals surface area contributed by atoms with Crippen LogP contribution in [0.25, 0.3) is 110 Å². The molecule has 0 amide bonds. The lowest BCUT2D eigenvalue weighted by atomic mass is 9.84.